The molecule has 106 valence electrons. The second-order valence-corrected chi connectivity index (χ2v) is 5.13. The summed E-state index contributed by atoms with van der Waals surface area (Å²) < 4.78 is 0. The number of amides is 1. The quantitative estimate of drug-likeness (QED) is 0.634. The van der Waals surface area contributed by atoms with Crippen LogP contribution in [0.2, 0.25) is 0 Å². The lowest BCUT2D eigenvalue weighted by molar-refractivity contribution is -0.132. The van der Waals surface area contributed by atoms with Crippen LogP contribution < -0.4 is 5.32 Å². The van der Waals surface area contributed by atoms with Crippen LogP contribution >= 0.6 is 0 Å². The van der Waals surface area contributed by atoms with Gasteiger partial charge in [0.25, 0.3) is 0 Å². The fourth-order valence-corrected chi connectivity index (χ4v) is 2.09. The fourth-order valence-electron chi connectivity index (χ4n) is 2.09. The standard InChI is InChI=1S/C13H28N4O/c1-4-14-6-5-13(18)17-11-9-16(10-12-17)8-7-15(2)3/h14H,4-12H2,1-3H3. The number of piperazine rings is 1. The van der Waals surface area contributed by atoms with Crippen molar-refractivity contribution in [2.45, 2.75) is 13.3 Å². The van der Waals surface area contributed by atoms with Crippen LogP contribution in [0.4, 0.5) is 0 Å². The average molecular weight is 256 g/mol. The number of likely N-dealkylation sites (N-methyl/N-ethyl adjacent to an activating group) is 1. The molecule has 0 saturated carbocycles. The molecule has 0 radical (unpaired) electrons. The van der Waals surface area contributed by atoms with Gasteiger partial charge in [-0.05, 0) is 20.6 Å². The third-order valence-corrected chi connectivity index (χ3v) is 3.35. The second-order valence-electron chi connectivity index (χ2n) is 5.13. The molecule has 1 N–H and O–H groups in total. The van der Waals surface area contributed by atoms with Crippen LogP contribution in [0.25, 0.3) is 0 Å². The monoisotopic (exact) mass is 256 g/mol. The first-order valence-electron chi connectivity index (χ1n) is 6.99. The van der Waals surface area contributed by atoms with E-state index in [0.717, 1.165) is 52.4 Å². The van der Waals surface area contributed by atoms with E-state index in [1.165, 1.54) is 0 Å². The molecule has 5 heteroatoms. The Morgan fingerprint density at radius 2 is 1.89 bits per heavy atom. The number of nitrogens with zero attached hydrogens (tertiary/aromatic N) is 3. The number of carbonyl (C=O) groups is 1. The maximum absolute atomic E-state index is 11.9. The van der Waals surface area contributed by atoms with Crippen LogP contribution in [0.3, 0.4) is 0 Å². The second kappa shape index (κ2) is 8.45. The summed E-state index contributed by atoms with van der Waals surface area (Å²) in [7, 11) is 4.20. The molecule has 1 heterocycles. The van der Waals surface area contributed by atoms with Crippen LogP contribution in [0, 0.1) is 0 Å². The van der Waals surface area contributed by atoms with Gasteiger partial charge in [-0.2, -0.15) is 0 Å². The molecule has 1 fully saturated rings. The average Bonchev–Trinajstić information content (AvgIpc) is 2.37. The molecule has 1 aliphatic heterocycles. The van der Waals surface area contributed by atoms with Crippen LogP contribution in [0.5, 0.6) is 0 Å². The van der Waals surface area contributed by atoms with Crippen molar-refractivity contribution in [2.75, 3.05) is 66.5 Å². The van der Waals surface area contributed by atoms with Gasteiger partial charge in [0.2, 0.25) is 5.91 Å². The van der Waals surface area contributed by atoms with Crippen LogP contribution in [-0.4, -0.2) is 87.1 Å². The highest BCUT2D eigenvalue weighted by Gasteiger charge is 2.20. The molecule has 1 rings (SSSR count). The number of rotatable bonds is 7. The maximum atomic E-state index is 11.9. The Morgan fingerprint density at radius 1 is 1.22 bits per heavy atom. The van der Waals surface area contributed by atoms with Gasteiger partial charge in [0.05, 0.1) is 0 Å². The molecule has 1 amide bonds. The number of nitrogens with one attached hydrogen (secondary N) is 1. The summed E-state index contributed by atoms with van der Waals surface area (Å²) >= 11 is 0. The van der Waals surface area contributed by atoms with Crippen molar-refractivity contribution >= 4 is 5.91 Å². The molecule has 0 aliphatic carbocycles. The van der Waals surface area contributed by atoms with Crippen molar-refractivity contribution in [1.82, 2.24) is 20.0 Å². The van der Waals surface area contributed by atoms with Gasteiger partial charge in [-0.25, -0.2) is 0 Å². The van der Waals surface area contributed by atoms with Crippen molar-refractivity contribution in [1.29, 1.82) is 0 Å². The summed E-state index contributed by atoms with van der Waals surface area (Å²) in [5, 5.41) is 3.20. The summed E-state index contributed by atoms with van der Waals surface area (Å²) in [6, 6.07) is 0. The van der Waals surface area contributed by atoms with Crippen molar-refractivity contribution in [3.63, 3.8) is 0 Å². The number of hydrogen-bond acceptors (Lipinski definition) is 4. The van der Waals surface area contributed by atoms with Gasteiger partial charge in [0.15, 0.2) is 0 Å². The molecule has 18 heavy (non-hydrogen) atoms. The Bertz CT molecular complexity index is 237. The minimum absolute atomic E-state index is 0.295. The van der Waals surface area contributed by atoms with E-state index >= 15 is 0 Å². The Morgan fingerprint density at radius 3 is 2.44 bits per heavy atom. The topological polar surface area (TPSA) is 38.8 Å². The summed E-state index contributed by atoms with van der Waals surface area (Å²) in [5.41, 5.74) is 0. The molecule has 1 aliphatic rings. The molecule has 1 saturated heterocycles. The first-order chi connectivity index (χ1) is 8.63. The van der Waals surface area contributed by atoms with E-state index in [2.05, 4.69) is 36.1 Å². The molecule has 5 nitrogen and oxygen atoms in total. The molecule has 0 bridgehead atoms. The summed E-state index contributed by atoms with van der Waals surface area (Å²) in [6.45, 7) is 9.80. The van der Waals surface area contributed by atoms with Gasteiger partial charge >= 0.3 is 0 Å². The molecule has 0 spiro atoms. The predicted molar refractivity (Wildman–Crippen MR) is 74.7 cm³/mol. The highest BCUT2D eigenvalue weighted by molar-refractivity contribution is 5.76. The van der Waals surface area contributed by atoms with E-state index in [4.69, 9.17) is 0 Å². The van der Waals surface area contributed by atoms with Crippen LogP contribution in [-0.2, 0) is 4.79 Å². The molecule has 0 aromatic carbocycles. The molecule has 0 atom stereocenters. The summed E-state index contributed by atoms with van der Waals surface area (Å²) in [4.78, 5) is 18.5. The third-order valence-electron chi connectivity index (χ3n) is 3.35. The summed E-state index contributed by atoms with van der Waals surface area (Å²) in [6.07, 6.45) is 0.630. The molecule has 0 aromatic rings. The minimum atomic E-state index is 0.295. The molecular weight excluding hydrogens is 228 g/mol. The van der Waals surface area contributed by atoms with Gasteiger partial charge in [0.1, 0.15) is 0 Å². The van der Waals surface area contributed by atoms with Crippen LogP contribution in [0.15, 0.2) is 0 Å². The lowest BCUT2D eigenvalue weighted by Gasteiger charge is -2.35. The zero-order valence-electron chi connectivity index (χ0n) is 12.1. The Labute approximate surface area is 111 Å². The zero-order chi connectivity index (χ0) is 13.4. The summed E-state index contributed by atoms with van der Waals surface area (Å²) in [5.74, 6) is 0.295. The number of hydrogen-bond donors (Lipinski definition) is 1. The fraction of sp³-hybridized carbons (Fsp3) is 0.923. The van der Waals surface area contributed by atoms with E-state index in [0.29, 0.717) is 12.3 Å². The smallest absolute Gasteiger partial charge is 0.223 e. The highest BCUT2D eigenvalue weighted by atomic mass is 16.2. The lowest BCUT2D eigenvalue weighted by atomic mass is 10.2. The SMILES string of the molecule is CCNCCC(=O)N1CCN(CCN(C)C)CC1. The Balaban J connectivity index is 2.16. The molecular formula is C13H28N4O. The minimum Gasteiger partial charge on any atom is -0.340 e. The van der Waals surface area contributed by atoms with E-state index in [9.17, 15) is 4.79 Å². The predicted octanol–water partition coefficient (Wildman–Crippen LogP) is -0.308. The van der Waals surface area contributed by atoms with E-state index in [-0.39, 0.29) is 0 Å². The first-order valence-corrected chi connectivity index (χ1v) is 6.99. The highest BCUT2D eigenvalue weighted by Crippen LogP contribution is 2.03. The van der Waals surface area contributed by atoms with Crippen LogP contribution in [0.1, 0.15) is 13.3 Å². The third kappa shape index (κ3) is 5.80. The zero-order valence-corrected chi connectivity index (χ0v) is 12.1. The Hall–Kier alpha value is -0.650. The van der Waals surface area contributed by atoms with Crippen molar-refractivity contribution in [3.8, 4) is 0 Å². The molecule has 0 unspecified atom stereocenters. The maximum Gasteiger partial charge on any atom is 0.223 e. The van der Waals surface area contributed by atoms with E-state index in [1.54, 1.807) is 0 Å². The normalized spacial score (nSPS) is 17.4. The van der Waals surface area contributed by atoms with Gasteiger partial charge in [-0.15, -0.1) is 0 Å². The van der Waals surface area contributed by atoms with E-state index in [1.807, 2.05) is 4.90 Å². The van der Waals surface area contributed by atoms with Crippen molar-refractivity contribution in [3.05, 3.63) is 0 Å². The van der Waals surface area contributed by atoms with Gasteiger partial charge in [0, 0.05) is 52.2 Å². The van der Waals surface area contributed by atoms with Gasteiger partial charge in [-0.1, -0.05) is 6.92 Å². The van der Waals surface area contributed by atoms with E-state index < -0.39 is 0 Å². The van der Waals surface area contributed by atoms with Gasteiger partial charge in [-0.3, -0.25) is 9.69 Å². The van der Waals surface area contributed by atoms with Crippen molar-refractivity contribution < 1.29 is 4.79 Å². The van der Waals surface area contributed by atoms with Crippen molar-refractivity contribution in [2.24, 2.45) is 0 Å². The number of carbonyl (C=O) groups excluding carboxylic acids is 1. The Kier molecular flexibility index (Phi) is 7.23. The van der Waals surface area contributed by atoms with Gasteiger partial charge < -0.3 is 15.1 Å². The molecule has 0 aromatic heterocycles. The lowest BCUT2D eigenvalue weighted by Crippen LogP contribution is -2.50. The largest absolute Gasteiger partial charge is 0.340 e. The first kappa shape index (κ1) is 15.4.